The van der Waals surface area contributed by atoms with Crippen molar-refractivity contribution in [3.05, 3.63) is 0 Å². The summed E-state index contributed by atoms with van der Waals surface area (Å²) in [5.74, 6) is 0.589. The van der Waals surface area contributed by atoms with E-state index in [0.29, 0.717) is 6.04 Å². The summed E-state index contributed by atoms with van der Waals surface area (Å²) in [4.78, 5) is 11.5. The van der Waals surface area contributed by atoms with Crippen LogP contribution in [-0.2, 0) is 4.79 Å². The Morgan fingerprint density at radius 3 is 2.87 bits per heavy atom. The van der Waals surface area contributed by atoms with E-state index in [0.717, 1.165) is 18.8 Å². The van der Waals surface area contributed by atoms with Gasteiger partial charge in [0.05, 0.1) is 6.04 Å². The molecule has 0 aromatic heterocycles. The molecule has 3 unspecified atom stereocenters. The van der Waals surface area contributed by atoms with Gasteiger partial charge >= 0.3 is 0 Å². The Balaban J connectivity index is 1.91. The molecule has 1 heterocycles. The summed E-state index contributed by atoms with van der Waals surface area (Å²) >= 11 is 0. The van der Waals surface area contributed by atoms with Crippen LogP contribution >= 0.6 is 0 Å². The van der Waals surface area contributed by atoms with Crippen LogP contribution in [0.1, 0.15) is 38.5 Å². The molecule has 0 radical (unpaired) electrons. The zero-order chi connectivity index (χ0) is 10.7. The quantitative estimate of drug-likeness (QED) is 0.496. The van der Waals surface area contributed by atoms with Crippen molar-refractivity contribution >= 4 is 5.91 Å². The average Bonchev–Trinajstić information content (AvgIpc) is 2.29. The Morgan fingerprint density at radius 1 is 1.27 bits per heavy atom. The van der Waals surface area contributed by atoms with Crippen LogP contribution in [0, 0.1) is 17.4 Å². The third kappa shape index (κ3) is 2.29. The van der Waals surface area contributed by atoms with E-state index >= 15 is 0 Å². The van der Waals surface area contributed by atoms with Crippen molar-refractivity contribution < 1.29 is 4.79 Å². The molecule has 4 nitrogen and oxygen atoms in total. The zero-order valence-corrected chi connectivity index (χ0v) is 8.83. The molecule has 1 saturated carbocycles. The maximum atomic E-state index is 11.5. The fraction of sp³-hybridized carbons (Fsp3) is 0.818. The van der Waals surface area contributed by atoms with Gasteiger partial charge in [-0.1, -0.05) is 12.8 Å². The Kier molecular flexibility index (Phi) is 3.22. The molecule has 3 atom stereocenters. The van der Waals surface area contributed by atoms with E-state index in [4.69, 9.17) is 5.26 Å². The lowest BCUT2D eigenvalue weighted by Gasteiger charge is -2.39. The summed E-state index contributed by atoms with van der Waals surface area (Å²) in [6, 6.07) is 0.353. The number of hydrogen-bond donors (Lipinski definition) is 2. The predicted molar refractivity (Wildman–Crippen MR) is 55.7 cm³/mol. The fourth-order valence-corrected chi connectivity index (χ4v) is 2.84. The lowest BCUT2D eigenvalue weighted by molar-refractivity contribution is -0.123. The van der Waals surface area contributed by atoms with Crippen molar-refractivity contribution in [2.45, 2.75) is 50.6 Å². The topological polar surface area (TPSA) is 64.9 Å². The minimum atomic E-state index is -0.165. The van der Waals surface area contributed by atoms with Gasteiger partial charge in [-0.05, 0) is 31.6 Å². The first kappa shape index (κ1) is 10.4. The fourth-order valence-electron chi connectivity index (χ4n) is 2.84. The number of hydrogen-bond acceptors (Lipinski definition) is 3. The molecule has 82 valence electrons. The smallest absolute Gasteiger partial charge is 0.250 e. The molecule has 1 aliphatic carbocycles. The highest BCUT2D eigenvalue weighted by Gasteiger charge is 2.34. The van der Waals surface area contributed by atoms with Crippen LogP contribution < -0.4 is 10.6 Å². The minimum Gasteiger partial charge on any atom is -0.303 e. The van der Waals surface area contributed by atoms with Gasteiger partial charge in [0.2, 0.25) is 5.91 Å². The van der Waals surface area contributed by atoms with Crippen LogP contribution in [0.5, 0.6) is 0 Å². The number of carbonyl (C=O) groups excluding carboxylic acids is 1. The first-order valence-electron chi connectivity index (χ1n) is 5.76. The van der Waals surface area contributed by atoms with Crippen molar-refractivity contribution in [1.29, 1.82) is 5.26 Å². The zero-order valence-electron chi connectivity index (χ0n) is 8.83. The van der Waals surface area contributed by atoms with Gasteiger partial charge in [-0.15, -0.1) is 0 Å². The van der Waals surface area contributed by atoms with Gasteiger partial charge in [-0.2, -0.15) is 5.26 Å². The monoisotopic (exact) mass is 207 g/mol. The third-order valence-corrected chi connectivity index (χ3v) is 3.65. The third-order valence-electron chi connectivity index (χ3n) is 3.65. The Labute approximate surface area is 90.0 Å². The molecule has 1 saturated heterocycles. The van der Waals surface area contributed by atoms with Crippen molar-refractivity contribution in [1.82, 2.24) is 10.6 Å². The molecule has 0 bridgehead atoms. The van der Waals surface area contributed by atoms with Gasteiger partial charge in [0.1, 0.15) is 0 Å². The van der Waals surface area contributed by atoms with Gasteiger partial charge in [0, 0.05) is 6.04 Å². The summed E-state index contributed by atoms with van der Waals surface area (Å²) in [5, 5.41) is 14.0. The minimum absolute atomic E-state index is 0.149. The molecule has 1 aliphatic heterocycles. The van der Waals surface area contributed by atoms with Crippen LogP contribution in [0.25, 0.3) is 0 Å². The Bertz CT molecular complexity index is 284. The maximum Gasteiger partial charge on any atom is 0.250 e. The second kappa shape index (κ2) is 4.63. The van der Waals surface area contributed by atoms with Gasteiger partial charge in [-0.25, -0.2) is 0 Å². The molecule has 2 aliphatic rings. The standard InChI is InChI=1S/C11H17N3O/c12-7-13-11(15)10-6-5-8-3-1-2-4-9(8)14-10/h8-10,14H,1-6H2,(H,13,15). The van der Waals surface area contributed by atoms with E-state index in [9.17, 15) is 4.79 Å². The van der Waals surface area contributed by atoms with E-state index in [1.165, 1.54) is 25.7 Å². The number of nitrogens with zero attached hydrogens (tertiary/aromatic N) is 1. The van der Waals surface area contributed by atoms with E-state index in [1.807, 2.05) is 0 Å². The number of nitriles is 1. The summed E-state index contributed by atoms with van der Waals surface area (Å²) in [6.45, 7) is 0. The average molecular weight is 207 g/mol. The predicted octanol–water partition coefficient (Wildman–Crippen LogP) is 0.894. The molecular formula is C11H17N3O. The second-order valence-electron chi connectivity index (χ2n) is 4.55. The molecule has 0 spiro atoms. The molecule has 2 rings (SSSR count). The molecule has 2 fully saturated rings. The SMILES string of the molecule is N#CNC(=O)C1CCC2CCCCC2N1. The summed E-state index contributed by atoms with van der Waals surface area (Å²) in [5.41, 5.74) is 0. The van der Waals surface area contributed by atoms with Gasteiger partial charge < -0.3 is 5.32 Å². The van der Waals surface area contributed by atoms with E-state index in [2.05, 4.69) is 10.6 Å². The van der Waals surface area contributed by atoms with E-state index in [1.54, 1.807) is 6.19 Å². The highest BCUT2D eigenvalue weighted by Crippen LogP contribution is 2.32. The van der Waals surface area contributed by atoms with E-state index < -0.39 is 0 Å². The van der Waals surface area contributed by atoms with Crippen LogP contribution in [0.15, 0.2) is 0 Å². The summed E-state index contributed by atoms with van der Waals surface area (Å²) in [7, 11) is 0. The lowest BCUT2D eigenvalue weighted by Crippen LogP contribution is -2.54. The van der Waals surface area contributed by atoms with Gasteiger partial charge in [-0.3, -0.25) is 10.1 Å². The Hall–Kier alpha value is -1.08. The molecule has 0 aromatic rings. The number of amides is 1. The molecule has 1 amide bonds. The molecule has 4 heteroatoms. The number of fused-ring (bicyclic) bond motifs is 1. The van der Waals surface area contributed by atoms with Crippen molar-refractivity contribution in [2.75, 3.05) is 0 Å². The number of rotatable bonds is 1. The van der Waals surface area contributed by atoms with Gasteiger partial charge in [0.25, 0.3) is 0 Å². The van der Waals surface area contributed by atoms with Crippen LogP contribution in [0.2, 0.25) is 0 Å². The summed E-state index contributed by atoms with van der Waals surface area (Å²) in [6.07, 6.45) is 8.77. The molecule has 0 aromatic carbocycles. The highest BCUT2D eigenvalue weighted by atomic mass is 16.2. The second-order valence-corrected chi connectivity index (χ2v) is 4.55. The largest absolute Gasteiger partial charge is 0.303 e. The number of piperidine rings is 1. The lowest BCUT2D eigenvalue weighted by atomic mass is 9.77. The molecule has 2 N–H and O–H groups in total. The molecular weight excluding hydrogens is 190 g/mol. The van der Waals surface area contributed by atoms with Crippen molar-refractivity contribution in [2.24, 2.45) is 5.92 Å². The van der Waals surface area contributed by atoms with Crippen molar-refractivity contribution in [3.8, 4) is 6.19 Å². The maximum absolute atomic E-state index is 11.5. The van der Waals surface area contributed by atoms with Crippen LogP contribution in [0.3, 0.4) is 0 Å². The first-order chi connectivity index (χ1) is 7.31. The summed E-state index contributed by atoms with van der Waals surface area (Å²) < 4.78 is 0. The number of nitrogens with one attached hydrogen (secondary N) is 2. The van der Waals surface area contributed by atoms with Crippen LogP contribution in [0.4, 0.5) is 0 Å². The van der Waals surface area contributed by atoms with Crippen LogP contribution in [-0.4, -0.2) is 18.0 Å². The van der Waals surface area contributed by atoms with E-state index in [-0.39, 0.29) is 11.9 Å². The van der Waals surface area contributed by atoms with Gasteiger partial charge in [0.15, 0.2) is 6.19 Å². The first-order valence-corrected chi connectivity index (χ1v) is 5.76. The number of carbonyl (C=O) groups is 1. The van der Waals surface area contributed by atoms with Crippen molar-refractivity contribution in [3.63, 3.8) is 0 Å². The Morgan fingerprint density at radius 2 is 2.07 bits per heavy atom. The normalized spacial score (nSPS) is 35.0. The molecule has 15 heavy (non-hydrogen) atoms. The highest BCUT2D eigenvalue weighted by molar-refractivity contribution is 5.83.